The van der Waals surface area contributed by atoms with Gasteiger partial charge in [0, 0.05) is 12.2 Å². The van der Waals surface area contributed by atoms with Gasteiger partial charge in [0.25, 0.3) is 0 Å². The molecular weight excluding hydrogens is 396 g/mol. The highest BCUT2D eigenvalue weighted by Gasteiger charge is 2.40. The highest BCUT2D eigenvalue weighted by Crippen LogP contribution is 2.30. The Kier molecular flexibility index (Phi) is 8.74. The van der Waals surface area contributed by atoms with Gasteiger partial charge in [0.2, 0.25) is 11.8 Å². The summed E-state index contributed by atoms with van der Waals surface area (Å²) in [4.78, 5) is 48.8. The summed E-state index contributed by atoms with van der Waals surface area (Å²) >= 11 is 1.16. The van der Waals surface area contributed by atoms with E-state index in [1.807, 2.05) is 0 Å². The fourth-order valence-electron chi connectivity index (χ4n) is 2.41. The first-order valence-corrected chi connectivity index (χ1v) is 9.02. The number of ether oxygens (including phenoxy) is 2. The molecule has 2 rings (SSSR count). The number of halogens is 1. The summed E-state index contributed by atoms with van der Waals surface area (Å²) in [6, 6.07) is 5.15. The number of nitrogens with zero attached hydrogens (tertiary/aromatic N) is 1. The zero-order valence-corrected chi connectivity index (χ0v) is 16.4. The molecule has 0 bridgehead atoms. The van der Waals surface area contributed by atoms with Gasteiger partial charge in [-0.05, 0) is 31.2 Å². The Balaban J connectivity index is 0.00000364. The smallest absolute Gasteiger partial charge is 0.337 e. The lowest BCUT2D eigenvalue weighted by atomic mass is 10.2. The number of imide groups is 1. The minimum Gasteiger partial charge on any atom is -1.00 e. The van der Waals surface area contributed by atoms with Crippen LogP contribution in [0.5, 0.6) is 0 Å². The lowest BCUT2D eigenvalue weighted by molar-refractivity contribution is -0.144. The summed E-state index contributed by atoms with van der Waals surface area (Å²) in [5.74, 6) is -1.58. The van der Waals surface area contributed by atoms with Crippen LogP contribution in [0.25, 0.3) is 0 Å². The second-order valence-corrected chi connectivity index (χ2v) is 6.73. The monoisotopic (exact) mass is 415 g/mol. The predicted molar refractivity (Wildman–Crippen MR) is 95.7 cm³/mol. The molecule has 2 atom stereocenters. The van der Waals surface area contributed by atoms with Crippen LogP contribution in [0.3, 0.4) is 0 Å². The van der Waals surface area contributed by atoms with E-state index in [4.69, 9.17) is 10.5 Å². The molecule has 10 heteroatoms. The first-order chi connectivity index (χ1) is 12.4. The van der Waals surface area contributed by atoms with Crippen molar-refractivity contribution in [1.29, 1.82) is 0 Å². The molecule has 27 heavy (non-hydrogen) atoms. The number of carbonyl (C=O) groups is 4. The zero-order chi connectivity index (χ0) is 19.3. The van der Waals surface area contributed by atoms with Gasteiger partial charge in [-0.15, -0.1) is 11.8 Å². The molecule has 8 nitrogen and oxygen atoms in total. The number of thioether (sulfide) groups is 1. The molecule has 0 radical (unpaired) electrons. The molecule has 1 aliphatic heterocycles. The van der Waals surface area contributed by atoms with Gasteiger partial charge >= 0.3 is 11.9 Å². The van der Waals surface area contributed by atoms with Gasteiger partial charge < -0.3 is 27.6 Å². The lowest BCUT2D eigenvalue weighted by Crippen LogP contribution is -3.00. The maximum Gasteiger partial charge on any atom is 0.337 e. The van der Waals surface area contributed by atoms with E-state index < -0.39 is 23.2 Å². The van der Waals surface area contributed by atoms with Crippen molar-refractivity contribution in [3.05, 3.63) is 29.8 Å². The van der Waals surface area contributed by atoms with Crippen LogP contribution >= 0.6 is 11.8 Å². The van der Waals surface area contributed by atoms with Crippen molar-refractivity contribution in [2.75, 3.05) is 24.4 Å². The molecule has 2 amide bonds. The number of carbonyl (C=O) groups excluding carboxylic acids is 4. The van der Waals surface area contributed by atoms with Crippen LogP contribution in [0, 0.1) is 0 Å². The van der Waals surface area contributed by atoms with Crippen molar-refractivity contribution in [3.8, 4) is 0 Å². The normalized spacial score (nSPS) is 17.3. The standard InChI is InChI=1S/C17H20N2O6S.ClH/c1-3-25-17(23)12(18)9-26-13-8-14(20)19(15(13)21)11-6-4-10(5-7-11)16(22)24-2;/h4-7,12-13H,3,8-9,18H2,1-2H3;1H/p-1. The molecule has 1 saturated heterocycles. The van der Waals surface area contributed by atoms with Gasteiger partial charge in [-0.25, -0.2) is 9.69 Å². The Morgan fingerprint density at radius 3 is 2.48 bits per heavy atom. The minimum atomic E-state index is -0.851. The van der Waals surface area contributed by atoms with Gasteiger partial charge in [0.1, 0.15) is 6.04 Å². The van der Waals surface area contributed by atoms with Crippen molar-refractivity contribution in [2.45, 2.75) is 24.6 Å². The summed E-state index contributed by atoms with van der Waals surface area (Å²) in [6.07, 6.45) is 0.0256. The Labute approximate surface area is 167 Å². The van der Waals surface area contributed by atoms with Crippen LogP contribution in [-0.4, -0.2) is 54.5 Å². The van der Waals surface area contributed by atoms with Crippen molar-refractivity contribution >= 4 is 41.2 Å². The summed E-state index contributed by atoms with van der Waals surface area (Å²) in [5.41, 5.74) is 6.42. The van der Waals surface area contributed by atoms with Crippen LogP contribution in [0.2, 0.25) is 0 Å². The molecule has 2 N–H and O–H groups in total. The predicted octanol–water partition coefficient (Wildman–Crippen LogP) is -2.27. The number of benzene rings is 1. The Morgan fingerprint density at radius 2 is 1.93 bits per heavy atom. The Morgan fingerprint density at radius 1 is 1.30 bits per heavy atom. The molecule has 0 saturated carbocycles. The molecule has 1 aliphatic rings. The molecule has 148 valence electrons. The lowest BCUT2D eigenvalue weighted by Gasteiger charge is -2.16. The summed E-state index contributed by atoms with van der Waals surface area (Å²) in [6.45, 7) is 1.91. The summed E-state index contributed by atoms with van der Waals surface area (Å²) in [7, 11) is 1.27. The number of esters is 2. The maximum atomic E-state index is 12.5. The van der Waals surface area contributed by atoms with Gasteiger partial charge in [-0.1, -0.05) is 0 Å². The quantitative estimate of drug-likeness (QED) is 0.391. The van der Waals surface area contributed by atoms with E-state index in [-0.39, 0.29) is 43.0 Å². The molecule has 1 aromatic rings. The number of hydrogen-bond donors (Lipinski definition) is 1. The second kappa shape index (κ2) is 10.3. The highest BCUT2D eigenvalue weighted by molar-refractivity contribution is 8.00. The number of nitrogens with two attached hydrogens (primary N) is 1. The van der Waals surface area contributed by atoms with Crippen molar-refractivity contribution < 1.29 is 41.1 Å². The van der Waals surface area contributed by atoms with Gasteiger partial charge in [-0.2, -0.15) is 0 Å². The van der Waals surface area contributed by atoms with E-state index in [9.17, 15) is 19.2 Å². The van der Waals surface area contributed by atoms with Crippen molar-refractivity contribution in [3.63, 3.8) is 0 Å². The third-order valence-corrected chi connectivity index (χ3v) is 5.04. The second-order valence-electron chi connectivity index (χ2n) is 5.49. The molecule has 0 aliphatic carbocycles. The Bertz CT molecular complexity index is 712. The summed E-state index contributed by atoms with van der Waals surface area (Å²) < 4.78 is 9.43. The molecule has 1 fully saturated rings. The van der Waals surface area contributed by atoms with Crippen molar-refractivity contribution in [1.82, 2.24) is 0 Å². The van der Waals surface area contributed by atoms with E-state index in [0.29, 0.717) is 11.3 Å². The van der Waals surface area contributed by atoms with Crippen LogP contribution in [0.15, 0.2) is 24.3 Å². The van der Waals surface area contributed by atoms with Crippen LogP contribution in [0.1, 0.15) is 23.7 Å². The van der Waals surface area contributed by atoms with Crippen molar-refractivity contribution in [2.24, 2.45) is 5.73 Å². The molecule has 2 unspecified atom stereocenters. The first kappa shape index (κ1) is 22.9. The Hall–Kier alpha value is -2.10. The largest absolute Gasteiger partial charge is 1.00 e. The highest BCUT2D eigenvalue weighted by atomic mass is 35.5. The van der Waals surface area contributed by atoms with E-state index in [1.165, 1.54) is 31.4 Å². The van der Waals surface area contributed by atoms with Gasteiger partial charge in [-0.3, -0.25) is 14.4 Å². The topological polar surface area (TPSA) is 116 Å². The van der Waals surface area contributed by atoms with Gasteiger partial charge in [0.05, 0.1) is 30.2 Å². The first-order valence-electron chi connectivity index (χ1n) is 7.98. The van der Waals surface area contributed by atoms with Crippen LogP contribution in [0.4, 0.5) is 5.69 Å². The van der Waals surface area contributed by atoms with Gasteiger partial charge in [0.15, 0.2) is 0 Å². The average Bonchev–Trinajstić information content (AvgIpc) is 2.92. The van der Waals surface area contributed by atoms with E-state index in [1.54, 1.807) is 6.92 Å². The third-order valence-electron chi connectivity index (χ3n) is 3.72. The van der Waals surface area contributed by atoms with E-state index >= 15 is 0 Å². The molecule has 0 spiro atoms. The third kappa shape index (κ3) is 5.44. The minimum absolute atomic E-state index is 0. The fourth-order valence-corrected chi connectivity index (χ4v) is 3.49. The van der Waals surface area contributed by atoms with E-state index in [0.717, 1.165) is 16.7 Å². The number of hydrogen-bond acceptors (Lipinski definition) is 8. The number of methoxy groups -OCH3 is 1. The van der Waals surface area contributed by atoms with E-state index in [2.05, 4.69) is 4.74 Å². The molecular formula is C17H20ClN2O6S-. The number of rotatable bonds is 7. The fraction of sp³-hybridized carbons (Fsp3) is 0.412. The maximum absolute atomic E-state index is 12.5. The summed E-state index contributed by atoms with van der Waals surface area (Å²) in [5, 5.41) is -0.608. The zero-order valence-electron chi connectivity index (χ0n) is 14.8. The van der Waals surface area contributed by atoms with Crippen LogP contribution < -0.4 is 23.0 Å². The molecule has 1 heterocycles. The molecule has 1 aromatic carbocycles. The number of anilines is 1. The molecule has 0 aromatic heterocycles. The number of amides is 2. The van der Waals surface area contributed by atoms with Crippen LogP contribution in [-0.2, 0) is 23.9 Å². The average molecular weight is 416 g/mol. The SMILES string of the molecule is CCOC(=O)C(N)CSC1CC(=O)N(c2ccc(C(=O)OC)cc2)C1=O.[Cl-].